The van der Waals surface area contributed by atoms with Gasteiger partial charge in [-0.15, -0.1) is 0 Å². The van der Waals surface area contributed by atoms with Crippen LogP contribution in [0, 0.1) is 5.82 Å². The number of nitrogens with zero attached hydrogens (tertiary/aromatic N) is 4. The van der Waals surface area contributed by atoms with E-state index in [4.69, 9.17) is 0 Å². The molecule has 0 N–H and O–H groups in total. The van der Waals surface area contributed by atoms with Crippen molar-refractivity contribution in [2.45, 2.75) is 25.3 Å². The van der Waals surface area contributed by atoms with E-state index >= 15 is 0 Å². The van der Waals surface area contributed by atoms with Crippen molar-refractivity contribution >= 4 is 10.9 Å². The minimum atomic E-state index is -0.184. The maximum Gasteiger partial charge on any atom is 0.124 e. The number of benzene rings is 1. The van der Waals surface area contributed by atoms with Gasteiger partial charge in [-0.1, -0.05) is 6.07 Å². The summed E-state index contributed by atoms with van der Waals surface area (Å²) in [6.07, 6.45) is 8.10. The second-order valence-electron chi connectivity index (χ2n) is 6.64. The summed E-state index contributed by atoms with van der Waals surface area (Å²) in [5.41, 5.74) is 3.22. The molecule has 3 heterocycles. The second kappa shape index (κ2) is 6.32. The van der Waals surface area contributed by atoms with Crippen molar-refractivity contribution in [2.75, 3.05) is 13.1 Å². The average molecular weight is 324 g/mol. The first-order valence-electron chi connectivity index (χ1n) is 8.43. The third-order valence-corrected chi connectivity index (χ3v) is 4.93. The standard InChI is InChI=1S/C19H21FN4/c1-23-12-17(11-22-23)14-4-7-24(8-5-14)13-16-10-18(20)9-15-3-2-6-21-19(15)16/h2-3,6,9-12,14H,4-5,7-8,13H2,1H3. The lowest BCUT2D eigenvalue weighted by Crippen LogP contribution is -2.32. The number of piperidine rings is 1. The van der Waals surface area contributed by atoms with E-state index in [1.807, 2.05) is 30.1 Å². The molecule has 1 saturated heterocycles. The Bertz CT molecular complexity index is 849. The fourth-order valence-corrected chi connectivity index (χ4v) is 3.66. The predicted octanol–water partition coefficient (Wildman–Crippen LogP) is 3.49. The Kier molecular flexibility index (Phi) is 4.02. The SMILES string of the molecule is Cn1cc(C2CCN(Cc3cc(F)cc4cccnc34)CC2)cn1. The van der Waals surface area contributed by atoms with Crippen LogP contribution in [0.1, 0.15) is 29.9 Å². The van der Waals surface area contributed by atoms with Crippen molar-refractivity contribution in [1.82, 2.24) is 19.7 Å². The molecule has 124 valence electrons. The highest BCUT2D eigenvalue weighted by Crippen LogP contribution is 2.29. The lowest BCUT2D eigenvalue weighted by molar-refractivity contribution is 0.205. The molecule has 4 rings (SSSR count). The van der Waals surface area contributed by atoms with Gasteiger partial charge in [0.2, 0.25) is 0 Å². The summed E-state index contributed by atoms with van der Waals surface area (Å²) in [6.45, 7) is 2.79. The van der Waals surface area contributed by atoms with Crippen LogP contribution in [0.3, 0.4) is 0 Å². The van der Waals surface area contributed by atoms with Crippen molar-refractivity contribution < 1.29 is 4.39 Å². The summed E-state index contributed by atoms with van der Waals surface area (Å²) >= 11 is 0. The minimum absolute atomic E-state index is 0.184. The monoisotopic (exact) mass is 324 g/mol. The average Bonchev–Trinajstić information content (AvgIpc) is 3.02. The molecule has 0 amide bonds. The largest absolute Gasteiger partial charge is 0.299 e. The third-order valence-electron chi connectivity index (χ3n) is 4.93. The molecule has 0 saturated carbocycles. The summed E-state index contributed by atoms with van der Waals surface area (Å²) in [7, 11) is 1.96. The highest BCUT2D eigenvalue weighted by Gasteiger charge is 2.22. The van der Waals surface area contributed by atoms with Gasteiger partial charge in [-0.2, -0.15) is 5.10 Å². The summed E-state index contributed by atoms with van der Waals surface area (Å²) in [5.74, 6) is 0.396. The molecule has 0 atom stereocenters. The zero-order chi connectivity index (χ0) is 16.5. The van der Waals surface area contributed by atoms with E-state index in [-0.39, 0.29) is 5.82 Å². The zero-order valence-corrected chi connectivity index (χ0v) is 13.8. The van der Waals surface area contributed by atoms with Crippen LogP contribution in [-0.4, -0.2) is 32.8 Å². The molecule has 4 nitrogen and oxygen atoms in total. The molecule has 5 heteroatoms. The van der Waals surface area contributed by atoms with Crippen LogP contribution in [0.4, 0.5) is 4.39 Å². The molecule has 2 aromatic heterocycles. The fourth-order valence-electron chi connectivity index (χ4n) is 3.66. The minimum Gasteiger partial charge on any atom is -0.299 e. The Labute approximate surface area is 140 Å². The van der Waals surface area contributed by atoms with E-state index in [1.165, 1.54) is 5.56 Å². The first-order chi connectivity index (χ1) is 11.7. The van der Waals surface area contributed by atoms with E-state index in [0.717, 1.165) is 48.9 Å². The van der Waals surface area contributed by atoms with Gasteiger partial charge in [-0.25, -0.2) is 4.39 Å². The first kappa shape index (κ1) is 15.3. The van der Waals surface area contributed by atoms with Gasteiger partial charge in [-0.05, 0) is 61.2 Å². The number of hydrogen-bond acceptors (Lipinski definition) is 3. The van der Waals surface area contributed by atoms with E-state index in [2.05, 4.69) is 21.2 Å². The molecule has 3 aromatic rings. The third kappa shape index (κ3) is 3.04. The Morgan fingerprint density at radius 3 is 2.83 bits per heavy atom. The summed E-state index contributed by atoms with van der Waals surface area (Å²) in [6, 6.07) is 6.96. The molecule has 0 aliphatic carbocycles. The quantitative estimate of drug-likeness (QED) is 0.739. The topological polar surface area (TPSA) is 34.0 Å². The summed E-state index contributed by atoms with van der Waals surface area (Å²) in [5, 5.41) is 5.15. The molecule has 0 bridgehead atoms. The maximum absolute atomic E-state index is 13.9. The molecule has 0 unspecified atom stereocenters. The van der Waals surface area contributed by atoms with E-state index < -0.39 is 0 Å². The van der Waals surface area contributed by atoms with Crippen LogP contribution in [0.5, 0.6) is 0 Å². The van der Waals surface area contributed by atoms with Crippen LogP contribution in [0.25, 0.3) is 10.9 Å². The van der Waals surface area contributed by atoms with Crippen LogP contribution >= 0.6 is 0 Å². The van der Waals surface area contributed by atoms with Gasteiger partial charge in [0.15, 0.2) is 0 Å². The Morgan fingerprint density at radius 2 is 2.08 bits per heavy atom. The highest BCUT2D eigenvalue weighted by atomic mass is 19.1. The molecule has 1 aliphatic heterocycles. The number of pyridine rings is 1. The van der Waals surface area contributed by atoms with Crippen molar-refractivity contribution in [1.29, 1.82) is 0 Å². The normalized spacial score (nSPS) is 16.8. The molecule has 1 aromatic carbocycles. The van der Waals surface area contributed by atoms with Gasteiger partial charge in [0.05, 0.1) is 11.7 Å². The number of likely N-dealkylation sites (tertiary alicyclic amines) is 1. The molecule has 1 fully saturated rings. The molecule has 0 spiro atoms. The van der Waals surface area contributed by atoms with Gasteiger partial charge < -0.3 is 0 Å². The van der Waals surface area contributed by atoms with Crippen LogP contribution in [0.2, 0.25) is 0 Å². The molecular weight excluding hydrogens is 303 g/mol. The molecule has 24 heavy (non-hydrogen) atoms. The number of aromatic nitrogens is 3. The lowest BCUT2D eigenvalue weighted by atomic mass is 9.91. The van der Waals surface area contributed by atoms with Crippen LogP contribution in [-0.2, 0) is 13.6 Å². The molecular formula is C19H21FN4. The summed E-state index contributed by atoms with van der Waals surface area (Å²) in [4.78, 5) is 6.85. The molecule has 1 aliphatic rings. The van der Waals surface area contributed by atoms with Crippen molar-refractivity contribution in [2.24, 2.45) is 7.05 Å². The van der Waals surface area contributed by atoms with Gasteiger partial charge in [0.25, 0.3) is 0 Å². The number of rotatable bonds is 3. The Balaban J connectivity index is 1.48. The number of fused-ring (bicyclic) bond motifs is 1. The van der Waals surface area contributed by atoms with E-state index in [0.29, 0.717) is 5.92 Å². The van der Waals surface area contributed by atoms with Gasteiger partial charge in [0, 0.05) is 31.4 Å². The zero-order valence-electron chi connectivity index (χ0n) is 13.8. The van der Waals surface area contributed by atoms with Gasteiger partial charge in [-0.3, -0.25) is 14.6 Å². The molecule has 0 radical (unpaired) electrons. The van der Waals surface area contributed by atoms with E-state index in [9.17, 15) is 4.39 Å². The number of aryl methyl sites for hydroxylation is 1. The number of halogens is 1. The smallest absolute Gasteiger partial charge is 0.124 e. The van der Waals surface area contributed by atoms with Gasteiger partial charge >= 0.3 is 0 Å². The van der Waals surface area contributed by atoms with Gasteiger partial charge in [0.1, 0.15) is 5.82 Å². The van der Waals surface area contributed by atoms with Crippen LogP contribution < -0.4 is 0 Å². The maximum atomic E-state index is 13.9. The van der Waals surface area contributed by atoms with E-state index in [1.54, 1.807) is 18.3 Å². The second-order valence-corrected chi connectivity index (χ2v) is 6.64. The Morgan fingerprint density at radius 1 is 1.25 bits per heavy atom. The van der Waals surface area contributed by atoms with Crippen molar-refractivity contribution in [3.63, 3.8) is 0 Å². The first-order valence-corrected chi connectivity index (χ1v) is 8.43. The van der Waals surface area contributed by atoms with Crippen LogP contribution in [0.15, 0.2) is 42.9 Å². The predicted molar refractivity (Wildman–Crippen MR) is 92.2 cm³/mol. The summed E-state index contributed by atoms with van der Waals surface area (Å²) < 4.78 is 15.7. The van der Waals surface area contributed by atoms with Crippen molar-refractivity contribution in [3.8, 4) is 0 Å². The highest BCUT2D eigenvalue weighted by molar-refractivity contribution is 5.81. The Hall–Kier alpha value is -2.27. The lowest BCUT2D eigenvalue weighted by Gasteiger charge is -2.31. The van der Waals surface area contributed by atoms with Crippen molar-refractivity contribution in [3.05, 3.63) is 59.8 Å². The fraction of sp³-hybridized carbons (Fsp3) is 0.368. The number of hydrogen-bond donors (Lipinski definition) is 0.